The van der Waals surface area contributed by atoms with Gasteiger partial charge in [-0.05, 0) is 26.1 Å². The van der Waals surface area contributed by atoms with E-state index in [4.69, 9.17) is 0 Å². The van der Waals surface area contributed by atoms with Gasteiger partial charge < -0.3 is 5.32 Å². The molecular weight excluding hydrogens is 188 g/mol. The third-order valence-electron chi connectivity index (χ3n) is 2.16. The normalized spacial score (nSPS) is 10.5. The lowest BCUT2D eigenvalue weighted by Crippen LogP contribution is -2.06. The zero-order valence-electron chi connectivity index (χ0n) is 8.94. The van der Waals surface area contributed by atoms with Crippen LogP contribution in [0.25, 0.3) is 5.69 Å². The van der Waals surface area contributed by atoms with Crippen molar-refractivity contribution in [1.29, 1.82) is 0 Å². The topological polar surface area (TPSA) is 42.7 Å². The van der Waals surface area contributed by atoms with Gasteiger partial charge in [0.15, 0.2) is 0 Å². The molecule has 0 radical (unpaired) electrons. The smallest absolute Gasteiger partial charge is 0.0969 e. The van der Waals surface area contributed by atoms with Gasteiger partial charge >= 0.3 is 0 Å². The molecule has 4 heteroatoms. The molecule has 2 aromatic rings. The van der Waals surface area contributed by atoms with Crippen LogP contribution in [0.4, 0.5) is 0 Å². The highest BCUT2D eigenvalue weighted by Crippen LogP contribution is 2.06. The molecule has 0 fully saturated rings. The van der Waals surface area contributed by atoms with Crippen LogP contribution in [-0.4, -0.2) is 22.0 Å². The second-order valence-electron chi connectivity index (χ2n) is 3.49. The fourth-order valence-corrected chi connectivity index (χ4v) is 1.36. The maximum Gasteiger partial charge on any atom is 0.0969 e. The minimum atomic E-state index is 0.742. The number of aromatic nitrogens is 3. The van der Waals surface area contributed by atoms with Crippen LogP contribution < -0.4 is 5.32 Å². The summed E-state index contributed by atoms with van der Waals surface area (Å²) in [5.74, 6) is 0. The van der Waals surface area contributed by atoms with Crippen molar-refractivity contribution in [1.82, 2.24) is 20.3 Å². The van der Waals surface area contributed by atoms with Gasteiger partial charge in [-0.1, -0.05) is 17.7 Å². The predicted octanol–water partition coefficient (Wildman–Crippen LogP) is 1.30. The lowest BCUT2D eigenvalue weighted by atomic mass is 10.2. The Kier molecular flexibility index (Phi) is 2.78. The largest absolute Gasteiger partial charge is 0.314 e. The van der Waals surface area contributed by atoms with E-state index >= 15 is 0 Å². The maximum absolute atomic E-state index is 4.34. The molecule has 1 aromatic heterocycles. The quantitative estimate of drug-likeness (QED) is 0.815. The second kappa shape index (κ2) is 4.23. The highest BCUT2D eigenvalue weighted by molar-refractivity contribution is 5.32. The molecule has 0 unspecified atom stereocenters. The molecule has 0 atom stereocenters. The number of aryl methyl sites for hydroxylation is 1. The predicted molar refractivity (Wildman–Crippen MR) is 58.9 cm³/mol. The average molecular weight is 202 g/mol. The molecule has 1 heterocycles. The Morgan fingerprint density at radius 1 is 1.27 bits per heavy atom. The van der Waals surface area contributed by atoms with Gasteiger partial charge in [0.05, 0.1) is 17.6 Å². The summed E-state index contributed by atoms with van der Waals surface area (Å²) in [4.78, 5) is 1.64. The van der Waals surface area contributed by atoms with E-state index in [-0.39, 0.29) is 0 Å². The minimum absolute atomic E-state index is 0.742. The number of hydrogen-bond donors (Lipinski definition) is 1. The van der Waals surface area contributed by atoms with Gasteiger partial charge in [-0.2, -0.15) is 15.0 Å². The molecular formula is C11H14N4. The molecule has 2 rings (SSSR count). The average Bonchev–Trinajstić information content (AvgIpc) is 2.68. The molecule has 0 bridgehead atoms. The second-order valence-corrected chi connectivity index (χ2v) is 3.49. The number of nitrogens with zero attached hydrogens (tertiary/aromatic N) is 3. The summed E-state index contributed by atoms with van der Waals surface area (Å²) in [5, 5.41) is 11.6. The van der Waals surface area contributed by atoms with E-state index in [2.05, 4.69) is 34.6 Å². The summed E-state index contributed by atoms with van der Waals surface area (Å²) in [7, 11) is 1.89. The highest BCUT2D eigenvalue weighted by Gasteiger charge is 2.01. The standard InChI is InChI=1S/C11H14N4/c1-9-3-5-11(6-4-9)15-13-8-10(14-15)7-12-2/h3-6,8,12H,7H2,1-2H3. The van der Waals surface area contributed by atoms with Crippen molar-refractivity contribution in [2.24, 2.45) is 0 Å². The molecule has 1 N–H and O–H groups in total. The first kappa shape index (κ1) is 9.86. The van der Waals surface area contributed by atoms with E-state index in [1.807, 2.05) is 19.2 Å². The first-order valence-electron chi connectivity index (χ1n) is 4.92. The van der Waals surface area contributed by atoms with Crippen molar-refractivity contribution < 1.29 is 0 Å². The number of rotatable bonds is 3. The van der Waals surface area contributed by atoms with Crippen LogP contribution >= 0.6 is 0 Å². The van der Waals surface area contributed by atoms with Crippen LogP contribution in [0.2, 0.25) is 0 Å². The summed E-state index contributed by atoms with van der Waals surface area (Å²) < 4.78 is 0. The van der Waals surface area contributed by atoms with E-state index in [9.17, 15) is 0 Å². The molecule has 0 saturated carbocycles. The maximum atomic E-state index is 4.34. The van der Waals surface area contributed by atoms with Gasteiger partial charge in [0.25, 0.3) is 0 Å². The lowest BCUT2D eigenvalue weighted by molar-refractivity contribution is 0.716. The van der Waals surface area contributed by atoms with Crippen LogP contribution in [0, 0.1) is 6.92 Å². The molecule has 0 aliphatic carbocycles. The minimum Gasteiger partial charge on any atom is -0.314 e. The summed E-state index contributed by atoms with van der Waals surface area (Å²) >= 11 is 0. The van der Waals surface area contributed by atoms with E-state index in [1.54, 1.807) is 11.0 Å². The summed E-state index contributed by atoms with van der Waals surface area (Å²) in [6.45, 7) is 2.80. The highest BCUT2D eigenvalue weighted by atomic mass is 15.5. The van der Waals surface area contributed by atoms with Gasteiger partial charge in [-0.15, -0.1) is 0 Å². The van der Waals surface area contributed by atoms with Crippen LogP contribution in [0.15, 0.2) is 30.5 Å². The molecule has 1 aromatic carbocycles. The van der Waals surface area contributed by atoms with Crippen LogP contribution in [0.3, 0.4) is 0 Å². The van der Waals surface area contributed by atoms with Crippen LogP contribution in [0.5, 0.6) is 0 Å². The summed E-state index contributed by atoms with van der Waals surface area (Å²) in [6, 6.07) is 8.13. The van der Waals surface area contributed by atoms with Gasteiger partial charge in [0.2, 0.25) is 0 Å². The Balaban J connectivity index is 2.25. The molecule has 78 valence electrons. The Hall–Kier alpha value is -1.68. The van der Waals surface area contributed by atoms with Crippen molar-refractivity contribution in [2.75, 3.05) is 7.05 Å². The SMILES string of the molecule is CNCc1cnn(-c2ccc(C)cc2)n1. The Labute approximate surface area is 88.9 Å². The molecule has 15 heavy (non-hydrogen) atoms. The molecule has 0 saturated heterocycles. The van der Waals surface area contributed by atoms with E-state index < -0.39 is 0 Å². The summed E-state index contributed by atoms with van der Waals surface area (Å²) in [6.07, 6.45) is 1.77. The fraction of sp³-hybridized carbons (Fsp3) is 0.273. The first-order chi connectivity index (χ1) is 7.29. The summed E-state index contributed by atoms with van der Waals surface area (Å²) in [5.41, 5.74) is 3.17. The van der Waals surface area contributed by atoms with Crippen LogP contribution in [-0.2, 0) is 6.54 Å². The van der Waals surface area contributed by atoms with Crippen molar-refractivity contribution in [3.63, 3.8) is 0 Å². The van der Waals surface area contributed by atoms with E-state index in [0.29, 0.717) is 0 Å². The zero-order chi connectivity index (χ0) is 10.7. The van der Waals surface area contributed by atoms with E-state index in [1.165, 1.54) is 5.56 Å². The van der Waals surface area contributed by atoms with Crippen LogP contribution in [0.1, 0.15) is 11.3 Å². The molecule has 0 spiro atoms. The van der Waals surface area contributed by atoms with E-state index in [0.717, 1.165) is 17.9 Å². The molecule has 0 amide bonds. The lowest BCUT2D eigenvalue weighted by Gasteiger charge is -1.99. The number of nitrogens with one attached hydrogen (secondary N) is 1. The van der Waals surface area contributed by atoms with Crippen molar-refractivity contribution >= 4 is 0 Å². The molecule has 4 nitrogen and oxygen atoms in total. The number of hydrogen-bond acceptors (Lipinski definition) is 3. The van der Waals surface area contributed by atoms with Gasteiger partial charge in [-0.25, -0.2) is 0 Å². The number of benzene rings is 1. The van der Waals surface area contributed by atoms with Crippen molar-refractivity contribution in [3.8, 4) is 5.69 Å². The third kappa shape index (κ3) is 2.22. The molecule has 0 aliphatic heterocycles. The zero-order valence-corrected chi connectivity index (χ0v) is 8.94. The monoisotopic (exact) mass is 202 g/mol. The molecule has 0 aliphatic rings. The van der Waals surface area contributed by atoms with Gasteiger partial charge in [0.1, 0.15) is 0 Å². The van der Waals surface area contributed by atoms with Crippen molar-refractivity contribution in [3.05, 3.63) is 41.7 Å². The van der Waals surface area contributed by atoms with Gasteiger partial charge in [0, 0.05) is 6.54 Å². The Morgan fingerprint density at radius 2 is 2.00 bits per heavy atom. The first-order valence-corrected chi connectivity index (χ1v) is 4.92. The fourth-order valence-electron chi connectivity index (χ4n) is 1.36. The van der Waals surface area contributed by atoms with Crippen molar-refractivity contribution in [2.45, 2.75) is 13.5 Å². The Morgan fingerprint density at radius 3 is 2.67 bits per heavy atom. The third-order valence-corrected chi connectivity index (χ3v) is 2.16. The Bertz CT molecular complexity index is 430. The van der Waals surface area contributed by atoms with Gasteiger partial charge in [-0.3, -0.25) is 0 Å².